The van der Waals surface area contributed by atoms with Crippen LogP contribution < -0.4 is 15.1 Å². The minimum atomic E-state index is -0.603. The maximum atomic E-state index is 12.6. The molecule has 0 unspecified atom stereocenters. The number of benzene rings is 2. The number of nitriles is 1. The van der Waals surface area contributed by atoms with Gasteiger partial charge in [-0.25, -0.2) is 9.78 Å². The highest BCUT2D eigenvalue weighted by Gasteiger charge is 2.20. The molecular weight excluding hydrogens is 352 g/mol. The van der Waals surface area contributed by atoms with Crippen molar-refractivity contribution in [3.63, 3.8) is 0 Å². The minimum absolute atomic E-state index is 0.172. The van der Waals surface area contributed by atoms with Gasteiger partial charge < -0.3 is 13.9 Å². The summed E-state index contributed by atoms with van der Waals surface area (Å²) in [5, 5.41) is 10.7. The smallest absolute Gasteiger partial charge is 0.348 e. The molecule has 2 heterocycles. The maximum Gasteiger partial charge on any atom is 0.348 e. The summed E-state index contributed by atoms with van der Waals surface area (Å²) in [6.07, 6.45) is 0. The van der Waals surface area contributed by atoms with Gasteiger partial charge in [-0.05, 0) is 30.3 Å². The van der Waals surface area contributed by atoms with E-state index in [0.717, 1.165) is 10.2 Å². The lowest BCUT2D eigenvalue weighted by Gasteiger charge is -2.05. The predicted molar refractivity (Wildman–Crippen MR) is 98.9 cm³/mol. The summed E-state index contributed by atoms with van der Waals surface area (Å²) in [4.78, 5) is 17.1. The van der Waals surface area contributed by atoms with Crippen molar-refractivity contribution in [3.8, 4) is 28.1 Å². The summed E-state index contributed by atoms with van der Waals surface area (Å²) < 4.78 is 16.7. The number of methoxy groups -OCH3 is 2. The zero-order valence-corrected chi connectivity index (χ0v) is 14.7. The Balaban J connectivity index is 2.00. The molecule has 0 aliphatic carbocycles. The first-order chi connectivity index (χ1) is 12.6. The van der Waals surface area contributed by atoms with Crippen LogP contribution in [-0.2, 0) is 0 Å². The highest BCUT2D eigenvalue weighted by Crippen LogP contribution is 2.35. The summed E-state index contributed by atoms with van der Waals surface area (Å²) in [5.74, 6) is 1.25. The van der Waals surface area contributed by atoms with Gasteiger partial charge in [0.05, 0.1) is 30.0 Å². The largest absolute Gasteiger partial charge is 0.497 e. The molecule has 0 spiro atoms. The summed E-state index contributed by atoms with van der Waals surface area (Å²) in [6.45, 7) is 0. The molecule has 7 heteroatoms. The van der Waals surface area contributed by atoms with Crippen molar-refractivity contribution in [1.82, 2.24) is 4.98 Å². The van der Waals surface area contributed by atoms with Crippen molar-refractivity contribution in [3.05, 3.63) is 52.4 Å². The van der Waals surface area contributed by atoms with Gasteiger partial charge in [0, 0.05) is 11.5 Å². The minimum Gasteiger partial charge on any atom is -0.497 e. The van der Waals surface area contributed by atoms with E-state index in [-0.39, 0.29) is 11.1 Å². The number of hydrogen-bond acceptors (Lipinski definition) is 7. The van der Waals surface area contributed by atoms with E-state index in [1.54, 1.807) is 31.4 Å². The molecule has 26 heavy (non-hydrogen) atoms. The summed E-state index contributed by atoms with van der Waals surface area (Å²) in [6, 6.07) is 12.6. The molecule has 2 aromatic heterocycles. The predicted octanol–water partition coefficient (Wildman–Crippen LogP) is 3.96. The highest BCUT2D eigenvalue weighted by atomic mass is 32.1. The maximum absolute atomic E-state index is 12.6. The van der Waals surface area contributed by atoms with Gasteiger partial charge in [0.25, 0.3) is 0 Å². The molecular formula is C19H12N2O4S. The summed E-state index contributed by atoms with van der Waals surface area (Å²) >= 11 is 1.31. The number of ether oxygens (including phenoxy) is 2. The lowest BCUT2D eigenvalue weighted by molar-refractivity contribution is 0.414. The topological polar surface area (TPSA) is 85.4 Å². The molecule has 0 aliphatic heterocycles. The number of rotatable bonds is 3. The summed E-state index contributed by atoms with van der Waals surface area (Å²) in [5.41, 5.74) is 0.838. The Kier molecular flexibility index (Phi) is 3.82. The first-order valence-corrected chi connectivity index (χ1v) is 8.46. The van der Waals surface area contributed by atoms with Gasteiger partial charge >= 0.3 is 5.63 Å². The summed E-state index contributed by atoms with van der Waals surface area (Å²) in [7, 11) is 3.11. The van der Waals surface area contributed by atoms with E-state index in [2.05, 4.69) is 11.1 Å². The van der Waals surface area contributed by atoms with Crippen LogP contribution in [0.15, 0.2) is 45.6 Å². The van der Waals surface area contributed by atoms with Crippen molar-refractivity contribution in [2.75, 3.05) is 14.2 Å². The van der Waals surface area contributed by atoms with Gasteiger partial charge in [-0.3, -0.25) is 0 Å². The Morgan fingerprint density at radius 1 is 1.12 bits per heavy atom. The Morgan fingerprint density at radius 3 is 2.58 bits per heavy atom. The van der Waals surface area contributed by atoms with Crippen LogP contribution in [0.4, 0.5) is 0 Å². The van der Waals surface area contributed by atoms with Crippen LogP contribution in [0, 0.1) is 11.3 Å². The Bertz CT molecular complexity index is 1250. The van der Waals surface area contributed by atoms with E-state index < -0.39 is 5.63 Å². The molecule has 0 fully saturated rings. The number of aromatic nitrogens is 1. The number of hydrogen-bond donors (Lipinski definition) is 0. The van der Waals surface area contributed by atoms with E-state index in [1.165, 1.54) is 18.4 Å². The average Bonchev–Trinajstić information content (AvgIpc) is 3.08. The second-order valence-corrected chi connectivity index (χ2v) is 6.50. The molecule has 4 rings (SSSR count). The van der Waals surface area contributed by atoms with Crippen LogP contribution >= 0.6 is 11.3 Å². The van der Waals surface area contributed by atoms with Gasteiger partial charge in [-0.15, -0.1) is 11.3 Å². The highest BCUT2D eigenvalue weighted by molar-refractivity contribution is 7.21. The zero-order chi connectivity index (χ0) is 18.3. The van der Waals surface area contributed by atoms with E-state index in [9.17, 15) is 10.1 Å². The molecule has 0 aliphatic rings. The van der Waals surface area contributed by atoms with E-state index in [4.69, 9.17) is 13.9 Å². The van der Waals surface area contributed by atoms with Crippen LogP contribution in [0.2, 0.25) is 0 Å². The molecule has 0 radical (unpaired) electrons. The number of thiazole rings is 1. The van der Waals surface area contributed by atoms with Crippen molar-refractivity contribution in [2.24, 2.45) is 0 Å². The van der Waals surface area contributed by atoms with Gasteiger partial charge in [-0.2, -0.15) is 5.26 Å². The number of fused-ring (bicyclic) bond motifs is 2. The second-order valence-electron chi connectivity index (χ2n) is 5.47. The van der Waals surface area contributed by atoms with Crippen molar-refractivity contribution < 1.29 is 13.9 Å². The number of nitrogens with zero attached hydrogens (tertiary/aromatic N) is 2. The monoisotopic (exact) mass is 364 g/mol. The van der Waals surface area contributed by atoms with Crippen LogP contribution in [0.5, 0.6) is 11.5 Å². The van der Waals surface area contributed by atoms with Crippen molar-refractivity contribution in [2.45, 2.75) is 0 Å². The average molecular weight is 364 g/mol. The fourth-order valence-electron chi connectivity index (χ4n) is 2.76. The SMILES string of the molecule is COc1ccc2c(C#N)c(-c3nc4ccc(OC)cc4s3)c(=O)oc2c1. The fourth-order valence-corrected chi connectivity index (χ4v) is 3.79. The lowest BCUT2D eigenvalue weighted by atomic mass is 10.1. The molecule has 6 nitrogen and oxygen atoms in total. The zero-order valence-electron chi connectivity index (χ0n) is 13.9. The molecule has 0 saturated heterocycles. The van der Waals surface area contributed by atoms with E-state index in [0.29, 0.717) is 27.5 Å². The van der Waals surface area contributed by atoms with Gasteiger partial charge in [0.15, 0.2) is 0 Å². The van der Waals surface area contributed by atoms with E-state index >= 15 is 0 Å². The molecule has 128 valence electrons. The molecule has 0 saturated carbocycles. The van der Waals surface area contributed by atoms with Gasteiger partial charge in [0.1, 0.15) is 33.7 Å². The standard InChI is InChI=1S/C19H12N2O4S/c1-23-10-3-5-12-13(9-20)17(19(22)25-15(12)7-10)18-21-14-6-4-11(24-2)8-16(14)26-18/h3-8H,1-2H3. The molecule has 2 aromatic carbocycles. The lowest BCUT2D eigenvalue weighted by Crippen LogP contribution is -2.06. The normalized spacial score (nSPS) is 10.8. The third kappa shape index (κ3) is 2.48. The first kappa shape index (κ1) is 16.1. The van der Waals surface area contributed by atoms with Crippen LogP contribution in [0.3, 0.4) is 0 Å². The molecule has 4 aromatic rings. The molecule has 0 amide bonds. The second kappa shape index (κ2) is 6.17. The molecule has 0 bridgehead atoms. The van der Waals surface area contributed by atoms with Crippen LogP contribution in [-0.4, -0.2) is 19.2 Å². The first-order valence-electron chi connectivity index (χ1n) is 7.64. The van der Waals surface area contributed by atoms with Gasteiger partial charge in [-0.1, -0.05) is 0 Å². The third-order valence-corrected chi connectivity index (χ3v) is 5.07. The van der Waals surface area contributed by atoms with Crippen molar-refractivity contribution in [1.29, 1.82) is 5.26 Å². The Morgan fingerprint density at radius 2 is 1.85 bits per heavy atom. The van der Waals surface area contributed by atoms with Gasteiger partial charge in [0.2, 0.25) is 0 Å². The van der Waals surface area contributed by atoms with Crippen LogP contribution in [0.1, 0.15) is 5.56 Å². The quantitative estimate of drug-likeness (QED) is 0.512. The van der Waals surface area contributed by atoms with Crippen LogP contribution in [0.25, 0.3) is 31.8 Å². The Labute approximate surface area is 151 Å². The van der Waals surface area contributed by atoms with Crippen molar-refractivity contribution >= 4 is 32.5 Å². The van der Waals surface area contributed by atoms with E-state index in [1.807, 2.05) is 12.1 Å². The fraction of sp³-hybridized carbons (Fsp3) is 0.105. The molecule has 0 N–H and O–H groups in total. The third-order valence-electron chi connectivity index (χ3n) is 4.04. The molecule has 0 atom stereocenters. The Hall–Kier alpha value is -3.37.